The smallest absolute Gasteiger partial charge is 0.328 e. The molecule has 1 saturated heterocycles. The first kappa shape index (κ1) is 14.8. The van der Waals surface area contributed by atoms with Crippen LogP contribution in [0, 0.1) is 0 Å². The predicted octanol–water partition coefficient (Wildman–Crippen LogP) is 1.02. The Morgan fingerprint density at radius 2 is 2.20 bits per heavy atom. The average molecular weight is 298 g/mol. The molecule has 1 aromatic heterocycles. The second-order valence-corrected chi connectivity index (χ2v) is 6.81. The zero-order valence-corrected chi connectivity index (χ0v) is 12.4. The van der Waals surface area contributed by atoms with Gasteiger partial charge in [0.05, 0.1) is 7.11 Å². The van der Waals surface area contributed by atoms with E-state index in [1.54, 1.807) is 11.0 Å². The number of aromatic nitrogens is 1. The molecule has 0 spiro atoms. The molecular formula is C13H18N2O4S. The van der Waals surface area contributed by atoms with Gasteiger partial charge in [0.25, 0.3) is 0 Å². The molecule has 110 valence electrons. The number of rotatable bonds is 3. The number of hydrogen-bond donors (Lipinski definition) is 0. The van der Waals surface area contributed by atoms with Gasteiger partial charge in [-0.3, -0.25) is 0 Å². The molecule has 1 aliphatic heterocycles. The van der Waals surface area contributed by atoms with Crippen LogP contribution in [-0.4, -0.2) is 45.3 Å². The molecule has 0 saturated carbocycles. The number of sulfone groups is 1. The third-order valence-corrected chi connectivity index (χ3v) is 4.52. The lowest BCUT2D eigenvalue weighted by molar-refractivity contribution is -0.142. The van der Waals surface area contributed by atoms with Gasteiger partial charge in [-0.2, -0.15) is 0 Å². The summed E-state index contributed by atoms with van der Waals surface area (Å²) in [7, 11) is -2.06. The van der Waals surface area contributed by atoms with Crippen LogP contribution in [0.4, 0.5) is 5.82 Å². The summed E-state index contributed by atoms with van der Waals surface area (Å²) in [4.78, 5) is 17.9. The van der Waals surface area contributed by atoms with Crippen molar-refractivity contribution in [2.24, 2.45) is 0 Å². The minimum Gasteiger partial charge on any atom is -0.467 e. The third-order valence-electron chi connectivity index (χ3n) is 3.40. The summed E-state index contributed by atoms with van der Waals surface area (Å²) in [6.07, 6.45) is 5.13. The topological polar surface area (TPSA) is 76.6 Å². The number of hydrogen-bond acceptors (Lipinski definition) is 6. The van der Waals surface area contributed by atoms with E-state index in [-0.39, 0.29) is 10.9 Å². The number of esters is 1. The van der Waals surface area contributed by atoms with Gasteiger partial charge in [0.2, 0.25) is 0 Å². The first-order valence-electron chi connectivity index (χ1n) is 6.44. The van der Waals surface area contributed by atoms with Crippen molar-refractivity contribution >= 4 is 21.6 Å². The molecule has 0 aliphatic carbocycles. The van der Waals surface area contributed by atoms with Crippen molar-refractivity contribution in [1.82, 2.24) is 4.98 Å². The van der Waals surface area contributed by atoms with Crippen LogP contribution in [0.2, 0.25) is 0 Å². The zero-order chi connectivity index (χ0) is 14.8. The molecular weight excluding hydrogens is 280 g/mol. The van der Waals surface area contributed by atoms with E-state index in [2.05, 4.69) is 4.98 Å². The summed E-state index contributed by atoms with van der Waals surface area (Å²) in [5.41, 5.74) is 0. The van der Waals surface area contributed by atoms with Gasteiger partial charge in [-0.25, -0.2) is 18.2 Å². The largest absolute Gasteiger partial charge is 0.467 e. The summed E-state index contributed by atoms with van der Waals surface area (Å²) in [6, 6.07) is 2.63. The standard InChI is InChI=1S/C13H18N2O4S/c1-19-13(16)10-6-3-4-9-15(10)12-11(20(2,17)18)7-5-8-14-12/h5,7-8,10H,3-4,6,9H2,1-2H3. The predicted molar refractivity (Wildman–Crippen MR) is 74.3 cm³/mol. The molecule has 20 heavy (non-hydrogen) atoms. The minimum atomic E-state index is -3.39. The van der Waals surface area contributed by atoms with E-state index in [0.717, 1.165) is 19.1 Å². The molecule has 1 unspecified atom stereocenters. The van der Waals surface area contributed by atoms with Crippen LogP contribution in [0.1, 0.15) is 19.3 Å². The van der Waals surface area contributed by atoms with E-state index in [0.29, 0.717) is 18.8 Å². The summed E-state index contributed by atoms with van der Waals surface area (Å²) in [6.45, 7) is 0.597. The number of nitrogens with zero attached hydrogens (tertiary/aromatic N) is 2. The number of carbonyl (C=O) groups excluding carboxylic acids is 1. The quantitative estimate of drug-likeness (QED) is 0.775. The van der Waals surface area contributed by atoms with Gasteiger partial charge in [0, 0.05) is 19.0 Å². The van der Waals surface area contributed by atoms with E-state index in [1.807, 2.05) is 0 Å². The van der Waals surface area contributed by atoms with E-state index in [1.165, 1.54) is 19.4 Å². The summed E-state index contributed by atoms with van der Waals surface area (Å²) >= 11 is 0. The highest BCUT2D eigenvalue weighted by Gasteiger charge is 2.33. The number of methoxy groups -OCH3 is 1. The van der Waals surface area contributed by atoms with Gasteiger partial charge in [-0.1, -0.05) is 0 Å². The SMILES string of the molecule is COC(=O)C1CCCCN1c1ncccc1S(C)(=O)=O. The van der Waals surface area contributed by atoms with Gasteiger partial charge in [0.15, 0.2) is 9.84 Å². The van der Waals surface area contributed by atoms with Crippen molar-refractivity contribution in [2.45, 2.75) is 30.2 Å². The summed E-state index contributed by atoms with van der Waals surface area (Å²) in [5.74, 6) is -0.0140. The normalized spacial score (nSPS) is 19.7. The molecule has 6 nitrogen and oxygen atoms in total. The first-order chi connectivity index (χ1) is 9.45. The van der Waals surface area contributed by atoms with Crippen LogP contribution in [0.3, 0.4) is 0 Å². The molecule has 1 fully saturated rings. The molecule has 0 amide bonds. The van der Waals surface area contributed by atoms with Crippen molar-refractivity contribution in [3.63, 3.8) is 0 Å². The van der Waals surface area contributed by atoms with Crippen molar-refractivity contribution in [1.29, 1.82) is 0 Å². The van der Waals surface area contributed by atoms with E-state index >= 15 is 0 Å². The summed E-state index contributed by atoms with van der Waals surface area (Å²) in [5, 5.41) is 0. The lowest BCUT2D eigenvalue weighted by Crippen LogP contribution is -2.46. The fraction of sp³-hybridized carbons (Fsp3) is 0.538. The van der Waals surface area contributed by atoms with Crippen molar-refractivity contribution in [2.75, 3.05) is 24.8 Å². The number of anilines is 1. The van der Waals surface area contributed by atoms with Crippen LogP contribution in [-0.2, 0) is 19.4 Å². The molecule has 0 bridgehead atoms. The number of piperidine rings is 1. The van der Waals surface area contributed by atoms with Crippen molar-refractivity contribution < 1.29 is 17.9 Å². The average Bonchev–Trinajstić information content (AvgIpc) is 2.45. The maximum Gasteiger partial charge on any atom is 0.328 e. The molecule has 2 rings (SSSR count). The Kier molecular flexibility index (Phi) is 4.27. The monoisotopic (exact) mass is 298 g/mol. The zero-order valence-electron chi connectivity index (χ0n) is 11.6. The Morgan fingerprint density at radius 3 is 2.85 bits per heavy atom. The minimum absolute atomic E-state index is 0.149. The Morgan fingerprint density at radius 1 is 1.45 bits per heavy atom. The van der Waals surface area contributed by atoms with Gasteiger partial charge in [0.1, 0.15) is 16.8 Å². The van der Waals surface area contributed by atoms with Crippen LogP contribution in [0.25, 0.3) is 0 Å². The molecule has 2 heterocycles. The maximum atomic E-state index is 11.9. The Bertz CT molecular complexity index is 600. The highest BCUT2D eigenvalue weighted by atomic mass is 32.2. The number of ether oxygens (including phenoxy) is 1. The second kappa shape index (κ2) is 5.78. The Labute approximate surface area is 118 Å². The molecule has 0 N–H and O–H groups in total. The van der Waals surface area contributed by atoms with E-state index in [4.69, 9.17) is 4.74 Å². The van der Waals surface area contributed by atoms with Gasteiger partial charge >= 0.3 is 5.97 Å². The Hall–Kier alpha value is -1.63. The molecule has 0 aromatic carbocycles. The van der Waals surface area contributed by atoms with Crippen LogP contribution in [0.15, 0.2) is 23.2 Å². The van der Waals surface area contributed by atoms with Gasteiger partial charge in [-0.05, 0) is 31.4 Å². The lowest BCUT2D eigenvalue weighted by atomic mass is 10.0. The number of pyridine rings is 1. The van der Waals surface area contributed by atoms with Gasteiger partial charge < -0.3 is 9.64 Å². The third kappa shape index (κ3) is 2.92. The first-order valence-corrected chi connectivity index (χ1v) is 8.34. The van der Waals surface area contributed by atoms with E-state index < -0.39 is 15.9 Å². The molecule has 1 aromatic rings. The van der Waals surface area contributed by atoms with Crippen molar-refractivity contribution in [3.8, 4) is 0 Å². The van der Waals surface area contributed by atoms with Gasteiger partial charge in [-0.15, -0.1) is 0 Å². The lowest BCUT2D eigenvalue weighted by Gasteiger charge is -2.35. The Balaban J connectivity index is 2.46. The second-order valence-electron chi connectivity index (χ2n) is 4.83. The fourth-order valence-electron chi connectivity index (χ4n) is 2.45. The van der Waals surface area contributed by atoms with E-state index in [9.17, 15) is 13.2 Å². The molecule has 7 heteroatoms. The highest BCUT2D eigenvalue weighted by molar-refractivity contribution is 7.90. The molecule has 1 aliphatic rings. The van der Waals surface area contributed by atoms with Crippen LogP contribution < -0.4 is 4.90 Å². The van der Waals surface area contributed by atoms with Crippen LogP contribution >= 0.6 is 0 Å². The summed E-state index contributed by atoms with van der Waals surface area (Å²) < 4.78 is 28.5. The van der Waals surface area contributed by atoms with Crippen LogP contribution in [0.5, 0.6) is 0 Å². The molecule has 1 atom stereocenters. The molecule has 0 radical (unpaired) electrons. The number of carbonyl (C=O) groups is 1. The highest BCUT2D eigenvalue weighted by Crippen LogP contribution is 2.29. The van der Waals surface area contributed by atoms with Crippen molar-refractivity contribution in [3.05, 3.63) is 18.3 Å². The maximum absolute atomic E-state index is 11.9. The fourth-order valence-corrected chi connectivity index (χ4v) is 3.28.